The van der Waals surface area contributed by atoms with Gasteiger partial charge in [0.15, 0.2) is 11.9 Å². The van der Waals surface area contributed by atoms with Gasteiger partial charge in [0.2, 0.25) is 0 Å². The van der Waals surface area contributed by atoms with Crippen LogP contribution in [-0.4, -0.2) is 24.1 Å². The third-order valence-corrected chi connectivity index (χ3v) is 4.04. The monoisotopic (exact) mass is 329 g/mol. The molecule has 120 valence electrons. The summed E-state index contributed by atoms with van der Waals surface area (Å²) in [5, 5.41) is 2.77. The molecule has 4 nitrogen and oxygen atoms in total. The first kappa shape index (κ1) is 17.1. The van der Waals surface area contributed by atoms with Crippen molar-refractivity contribution in [3.63, 3.8) is 0 Å². The number of ether oxygens (including phenoxy) is 1. The Hall–Kier alpha value is -2.27. The van der Waals surface area contributed by atoms with Crippen molar-refractivity contribution >= 4 is 29.1 Å². The van der Waals surface area contributed by atoms with Crippen LogP contribution in [-0.2, 0) is 4.79 Å². The standard InChI is InChI=1S/C18H19NO3S/c1-12(20)14-4-6-15(7-5-14)19-18(21)13(2)22-16-8-10-17(23-3)11-9-16/h4-11,13H,1-3H3,(H,19,21)/t13-/m0/s1. The van der Waals surface area contributed by atoms with Crippen molar-refractivity contribution in [2.24, 2.45) is 0 Å². The molecule has 0 heterocycles. The van der Waals surface area contributed by atoms with Crippen molar-refractivity contribution in [2.45, 2.75) is 24.8 Å². The van der Waals surface area contributed by atoms with Gasteiger partial charge in [-0.2, -0.15) is 0 Å². The van der Waals surface area contributed by atoms with Crippen molar-refractivity contribution in [3.05, 3.63) is 54.1 Å². The molecule has 1 N–H and O–H groups in total. The Morgan fingerprint density at radius 1 is 1.04 bits per heavy atom. The van der Waals surface area contributed by atoms with E-state index >= 15 is 0 Å². The number of carbonyl (C=O) groups is 2. The molecule has 0 unspecified atom stereocenters. The second kappa shape index (κ2) is 7.83. The minimum Gasteiger partial charge on any atom is -0.481 e. The van der Waals surface area contributed by atoms with Crippen LogP contribution in [0.2, 0.25) is 0 Å². The summed E-state index contributed by atoms with van der Waals surface area (Å²) in [6.45, 7) is 3.20. The number of amides is 1. The number of hydrogen-bond acceptors (Lipinski definition) is 4. The smallest absolute Gasteiger partial charge is 0.265 e. The Labute approximate surface area is 140 Å². The minimum absolute atomic E-state index is 0.00623. The maximum atomic E-state index is 12.2. The Kier molecular flexibility index (Phi) is 5.82. The third kappa shape index (κ3) is 4.86. The predicted molar refractivity (Wildman–Crippen MR) is 93.4 cm³/mol. The van der Waals surface area contributed by atoms with Crippen molar-refractivity contribution < 1.29 is 14.3 Å². The molecular weight excluding hydrogens is 310 g/mol. The number of ketones is 1. The molecule has 23 heavy (non-hydrogen) atoms. The number of nitrogens with one attached hydrogen (secondary N) is 1. The van der Waals surface area contributed by atoms with Gasteiger partial charge in [-0.05, 0) is 68.6 Å². The Bertz CT molecular complexity index is 680. The first-order chi connectivity index (χ1) is 11.0. The van der Waals surface area contributed by atoms with Crippen LogP contribution >= 0.6 is 11.8 Å². The van der Waals surface area contributed by atoms with Crippen LogP contribution < -0.4 is 10.1 Å². The van der Waals surface area contributed by atoms with Gasteiger partial charge in [0.05, 0.1) is 0 Å². The number of thioether (sulfide) groups is 1. The highest BCUT2D eigenvalue weighted by Crippen LogP contribution is 2.20. The molecule has 0 spiro atoms. The van der Waals surface area contributed by atoms with E-state index in [-0.39, 0.29) is 11.7 Å². The van der Waals surface area contributed by atoms with Crippen molar-refractivity contribution in [3.8, 4) is 5.75 Å². The second-order valence-corrected chi connectivity index (χ2v) is 5.94. The van der Waals surface area contributed by atoms with E-state index in [4.69, 9.17) is 4.74 Å². The quantitative estimate of drug-likeness (QED) is 0.642. The highest BCUT2D eigenvalue weighted by Gasteiger charge is 2.15. The van der Waals surface area contributed by atoms with E-state index in [1.165, 1.54) is 6.92 Å². The molecule has 0 radical (unpaired) electrons. The number of Topliss-reactive ketones (excluding diaryl/α,β-unsaturated/α-hetero) is 1. The lowest BCUT2D eigenvalue weighted by molar-refractivity contribution is -0.122. The van der Waals surface area contributed by atoms with Gasteiger partial charge in [-0.1, -0.05) is 0 Å². The lowest BCUT2D eigenvalue weighted by atomic mass is 10.1. The molecule has 0 saturated carbocycles. The summed E-state index contributed by atoms with van der Waals surface area (Å²) < 4.78 is 5.63. The van der Waals surface area contributed by atoms with Crippen LogP contribution in [0.5, 0.6) is 5.75 Å². The Balaban J connectivity index is 1.94. The molecule has 2 rings (SSSR count). The fourth-order valence-electron chi connectivity index (χ4n) is 1.94. The zero-order chi connectivity index (χ0) is 16.8. The number of benzene rings is 2. The lowest BCUT2D eigenvalue weighted by Gasteiger charge is -2.15. The highest BCUT2D eigenvalue weighted by atomic mass is 32.2. The van der Waals surface area contributed by atoms with Gasteiger partial charge in [0.25, 0.3) is 5.91 Å². The number of rotatable bonds is 6. The molecule has 0 aromatic heterocycles. The summed E-state index contributed by atoms with van der Waals surface area (Å²) in [7, 11) is 0. The predicted octanol–water partition coefficient (Wildman–Crippen LogP) is 4.02. The third-order valence-electron chi connectivity index (χ3n) is 3.30. The Morgan fingerprint density at radius 3 is 2.17 bits per heavy atom. The van der Waals surface area contributed by atoms with E-state index < -0.39 is 6.10 Å². The molecule has 0 bridgehead atoms. The molecule has 0 fully saturated rings. The molecule has 0 aliphatic heterocycles. The SMILES string of the molecule is CSc1ccc(O[C@@H](C)C(=O)Nc2ccc(C(C)=O)cc2)cc1. The van der Waals surface area contributed by atoms with Crippen LogP contribution in [0.25, 0.3) is 0 Å². The fourth-order valence-corrected chi connectivity index (χ4v) is 2.35. The molecule has 2 aromatic rings. The zero-order valence-corrected chi connectivity index (χ0v) is 14.1. The van der Waals surface area contributed by atoms with Gasteiger partial charge in [0.1, 0.15) is 5.75 Å². The maximum absolute atomic E-state index is 12.2. The fraction of sp³-hybridized carbons (Fsp3) is 0.222. The zero-order valence-electron chi connectivity index (χ0n) is 13.3. The van der Waals surface area contributed by atoms with Crippen molar-refractivity contribution in [1.82, 2.24) is 0 Å². The van der Waals surface area contributed by atoms with Gasteiger partial charge < -0.3 is 10.1 Å². The van der Waals surface area contributed by atoms with E-state index in [0.29, 0.717) is 17.0 Å². The van der Waals surface area contributed by atoms with E-state index in [1.807, 2.05) is 30.5 Å². The topological polar surface area (TPSA) is 55.4 Å². The van der Waals surface area contributed by atoms with Crippen LogP contribution in [0.3, 0.4) is 0 Å². The summed E-state index contributed by atoms with van der Waals surface area (Å²) in [6, 6.07) is 14.4. The summed E-state index contributed by atoms with van der Waals surface area (Å²) in [4.78, 5) is 24.5. The maximum Gasteiger partial charge on any atom is 0.265 e. The van der Waals surface area contributed by atoms with Crippen LogP contribution in [0.15, 0.2) is 53.4 Å². The van der Waals surface area contributed by atoms with Gasteiger partial charge in [-0.15, -0.1) is 11.8 Å². The average molecular weight is 329 g/mol. The summed E-state index contributed by atoms with van der Waals surface area (Å²) in [6.07, 6.45) is 1.38. The van der Waals surface area contributed by atoms with Crippen LogP contribution in [0.4, 0.5) is 5.69 Å². The largest absolute Gasteiger partial charge is 0.481 e. The summed E-state index contributed by atoms with van der Waals surface area (Å²) >= 11 is 1.65. The second-order valence-electron chi connectivity index (χ2n) is 5.06. The van der Waals surface area contributed by atoms with E-state index in [9.17, 15) is 9.59 Å². The highest BCUT2D eigenvalue weighted by molar-refractivity contribution is 7.98. The molecule has 5 heteroatoms. The normalized spacial score (nSPS) is 11.6. The summed E-state index contributed by atoms with van der Waals surface area (Å²) in [5.74, 6) is 0.403. The van der Waals surface area contributed by atoms with E-state index in [0.717, 1.165) is 4.90 Å². The van der Waals surface area contributed by atoms with Crippen molar-refractivity contribution in [2.75, 3.05) is 11.6 Å². The van der Waals surface area contributed by atoms with Gasteiger partial charge >= 0.3 is 0 Å². The molecule has 0 saturated heterocycles. The van der Waals surface area contributed by atoms with Gasteiger partial charge in [0, 0.05) is 16.1 Å². The van der Waals surface area contributed by atoms with E-state index in [1.54, 1.807) is 43.0 Å². The van der Waals surface area contributed by atoms with E-state index in [2.05, 4.69) is 5.32 Å². The first-order valence-electron chi connectivity index (χ1n) is 7.22. The van der Waals surface area contributed by atoms with Gasteiger partial charge in [-0.3, -0.25) is 9.59 Å². The molecule has 1 amide bonds. The van der Waals surface area contributed by atoms with Crippen LogP contribution in [0, 0.1) is 0 Å². The van der Waals surface area contributed by atoms with Gasteiger partial charge in [-0.25, -0.2) is 0 Å². The number of hydrogen-bond donors (Lipinski definition) is 1. The molecule has 1 atom stereocenters. The van der Waals surface area contributed by atoms with Crippen molar-refractivity contribution in [1.29, 1.82) is 0 Å². The Morgan fingerprint density at radius 2 is 1.65 bits per heavy atom. The lowest BCUT2D eigenvalue weighted by Crippen LogP contribution is -2.30. The summed E-state index contributed by atoms with van der Waals surface area (Å²) in [5.41, 5.74) is 1.24. The average Bonchev–Trinajstić information content (AvgIpc) is 2.56. The molecule has 0 aliphatic carbocycles. The number of carbonyl (C=O) groups excluding carboxylic acids is 2. The number of anilines is 1. The first-order valence-corrected chi connectivity index (χ1v) is 8.44. The molecule has 0 aliphatic rings. The van der Waals surface area contributed by atoms with Crippen LogP contribution in [0.1, 0.15) is 24.2 Å². The minimum atomic E-state index is -0.623. The molecular formula is C18H19NO3S. The molecule has 2 aromatic carbocycles.